The van der Waals surface area contributed by atoms with Crippen LogP contribution in [0.4, 0.5) is 11.4 Å². The zero-order chi connectivity index (χ0) is 13.0. The molecule has 1 aromatic carbocycles. The van der Waals surface area contributed by atoms with Crippen LogP contribution in [0.2, 0.25) is 0 Å². The largest absolute Gasteiger partial charge is 0.491 e. The molecule has 0 aromatic heterocycles. The van der Waals surface area contributed by atoms with Gasteiger partial charge in [-0.05, 0) is 6.92 Å². The zero-order valence-electron chi connectivity index (χ0n) is 9.08. The minimum absolute atomic E-state index is 0.108. The lowest BCUT2D eigenvalue weighted by Gasteiger charge is -2.07. The van der Waals surface area contributed by atoms with E-state index >= 15 is 0 Å². The van der Waals surface area contributed by atoms with E-state index < -0.39 is 9.85 Å². The number of nitro groups is 2. The molecule has 0 saturated heterocycles. The van der Waals surface area contributed by atoms with Gasteiger partial charge in [-0.1, -0.05) is 0 Å². The Morgan fingerprint density at radius 3 is 2.41 bits per heavy atom. The second-order valence-electron chi connectivity index (χ2n) is 3.24. The van der Waals surface area contributed by atoms with E-state index in [1.165, 1.54) is 6.92 Å². The molecule has 0 atom stereocenters. The summed E-state index contributed by atoms with van der Waals surface area (Å²) in [6, 6.07) is 2.06. The predicted octanol–water partition coefficient (Wildman–Crippen LogP) is 1.15. The Morgan fingerprint density at radius 1 is 1.29 bits per heavy atom. The molecule has 0 radical (unpaired) electrons. The number of ether oxygens (including phenoxy) is 1. The minimum Gasteiger partial charge on any atom is -0.491 e. The summed E-state index contributed by atoms with van der Waals surface area (Å²) in [5.41, 5.74) is 4.75. The lowest BCUT2D eigenvalue weighted by molar-refractivity contribution is -0.394. The summed E-state index contributed by atoms with van der Waals surface area (Å²) in [5, 5.41) is 21.3. The van der Waals surface area contributed by atoms with Crippen molar-refractivity contribution >= 4 is 11.4 Å². The summed E-state index contributed by atoms with van der Waals surface area (Å²) >= 11 is 0. The fourth-order valence-electron chi connectivity index (χ4n) is 1.27. The standard InChI is InChI=1S/C9H11N3O5/c1-6-8(12(15)16)4-7(11(13)14)5-9(6)17-3-2-10/h4-5H,2-3,10H2,1H3. The van der Waals surface area contributed by atoms with Crippen molar-refractivity contribution in [3.05, 3.63) is 37.9 Å². The summed E-state index contributed by atoms with van der Waals surface area (Å²) in [7, 11) is 0. The molecule has 0 spiro atoms. The van der Waals surface area contributed by atoms with Gasteiger partial charge in [0.2, 0.25) is 0 Å². The van der Waals surface area contributed by atoms with Gasteiger partial charge >= 0.3 is 0 Å². The Balaban J connectivity index is 3.27. The van der Waals surface area contributed by atoms with E-state index in [1.807, 2.05) is 0 Å². The molecule has 0 saturated carbocycles. The monoisotopic (exact) mass is 241 g/mol. The first-order chi connectivity index (χ1) is 7.97. The van der Waals surface area contributed by atoms with Crippen LogP contribution in [0, 0.1) is 27.2 Å². The molecule has 0 aliphatic carbocycles. The molecule has 1 aromatic rings. The zero-order valence-corrected chi connectivity index (χ0v) is 9.08. The number of non-ortho nitro benzene ring substituents is 1. The normalized spacial score (nSPS) is 10.0. The highest BCUT2D eigenvalue weighted by molar-refractivity contribution is 5.56. The number of nitrogens with zero attached hydrogens (tertiary/aromatic N) is 2. The molecule has 0 unspecified atom stereocenters. The van der Waals surface area contributed by atoms with E-state index in [2.05, 4.69) is 0 Å². The van der Waals surface area contributed by atoms with Crippen molar-refractivity contribution in [1.29, 1.82) is 0 Å². The highest BCUT2D eigenvalue weighted by atomic mass is 16.6. The van der Waals surface area contributed by atoms with Crippen LogP contribution < -0.4 is 10.5 Å². The molecule has 0 fully saturated rings. The summed E-state index contributed by atoms with van der Waals surface area (Å²) in [6.45, 7) is 1.82. The van der Waals surface area contributed by atoms with Crippen molar-refractivity contribution in [1.82, 2.24) is 0 Å². The van der Waals surface area contributed by atoms with Gasteiger partial charge in [0.25, 0.3) is 11.4 Å². The van der Waals surface area contributed by atoms with Crippen LogP contribution in [0.5, 0.6) is 5.75 Å². The molecule has 1 rings (SSSR count). The Kier molecular flexibility index (Phi) is 3.94. The van der Waals surface area contributed by atoms with Gasteiger partial charge in [-0.25, -0.2) is 0 Å². The van der Waals surface area contributed by atoms with Crippen LogP contribution in [0.15, 0.2) is 12.1 Å². The molecule has 0 aliphatic heterocycles. The van der Waals surface area contributed by atoms with Crippen molar-refractivity contribution in [3.63, 3.8) is 0 Å². The Hall–Kier alpha value is -2.22. The maximum atomic E-state index is 10.7. The van der Waals surface area contributed by atoms with Gasteiger partial charge in [0.05, 0.1) is 27.5 Å². The SMILES string of the molecule is Cc1c(OCCN)cc([N+](=O)[O-])cc1[N+](=O)[O-]. The summed E-state index contributed by atoms with van der Waals surface area (Å²) in [4.78, 5) is 20.0. The topological polar surface area (TPSA) is 122 Å². The number of hydrogen-bond donors (Lipinski definition) is 1. The van der Waals surface area contributed by atoms with Crippen LogP contribution in [-0.2, 0) is 0 Å². The molecule has 0 amide bonds. The minimum atomic E-state index is -0.707. The molecule has 0 heterocycles. The van der Waals surface area contributed by atoms with Crippen molar-refractivity contribution in [2.75, 3.05) is 13.2 Å². The quantitative estimate of drug-likeness (QED) is 0.609. The first-order valence-corrected chi connectivity index (χ1v) is 4.73. The highest BCUT2D eigenvalue weighted by Crippen LogP contribution is 2.32. The van der Waals surface area contributed by atoms with Crippen LogP contribution in [0.3, 0.4) is 0 Å². The van der Waals surface area contributed by atoms with E-state index in [9.17, 15) is 20.2 Å². The van der Waals surface area contributed by atoms with E-state index in [4.69, 9.17) is 10.5 Å². The van der Waals surface area contributed by atoms with Crippen LogP contribution in [0.25, 0.3) is 0 Å². The second kappa shape index (κ2) is 5.21. The number of benzene rings is 1. The average Bonchev–Trinajstić information content (AvgIpc) is 2.26. The molecule has 92 valence electrons. The third-order valence-electron chi connectivity index (χ3n) is 2.10. The fraction of sp³-hybridized carbons (Fsp3) is 0.333. The van der Waals surface area contributed by atoms with Crippen molar-refractivity contribution in [2.24, 2.45) is 5.73 Å². The maximum Gasteiger partial charge on any atom is 0.282 e. The third kappa shape index (κ3) is 2.88. The third-order valence-corrected chi connectivity index (χ3v) is 2.10. The molecule has 0 aliphatic rings. The second-order valence-corrected chi connectivity index (χ2v) is 3.24. The Labute approximate surface area is 96.3 Å². The van der Waals surface area contributed by atoms with Gasteiger partial charge < -0.3 is 10.5 Å². The van der Waals surface area contributed by atoms with Crippen LogP contribution in [-0.4, -0.2) is 23.0 Å². The van der Waals surface area contributed by atoms with Gasteiger partial charge in [0, 0.05) is 6.54 Å². The molecular formula is C9H11N3O5. The van der Waals surface area contributed by atoms with Crippen molar-refractivity contribution in [3.8, 4) is 5.75 Å². The summed E-state index contributed by atoms with van der Waals surface area (Å²) in [6.07, 6.45) is 0. The van der Waals surface area contributed by atoms with Gasteiger partial charge in [-0.15, -0.1) is 0 Å². The Bertz CT molecular complexity index is 460. The lowest BCUT2D eigenvalue weighted by atomic mass is 10.1. The van der Waals surface area contributed by atoms with E-state index in [0.29, 0.717) is 0 Å². The Morgan fingerprint density at radius 2 is 1.94 bits per heavy atom. The molecular weight excluding hydrogens is 230 g/mol. The van der Waals surface area contributed by atoms with E-state index in [-0.39, 0.29) is 35.8 Å². The van der Waals surface area contributed by atoms with Gasteiger partial charge in [0.1, 0.15) is 12.4 Å². The lowest BCUT2D eigenvalue weighted by Crippen LogP contribution is -2.11. The highest BCUT2D eigenvalue weighted by Gasteiger charge is 2.22. The maximum absolute atomic E-state index is 10.7. The number of nitro benzene ring substituents is 2. The van der Waals surface area contributed by atoms with E-state index in [0.717, 1.165) is 12.1 Å². The fourth-order valence-corrected chi connectivity index (χ4v) is 1.27. The van der Waals surface area contributed by atoms with Crippen LogP contribution in [0.1, 0.15) is 5.56 Å². The van der Waals surface area contributed by atoms with Gasteiger partial charge in [-0.3, -0.25) is 20.2 Å². The number of hydrogen-bond acceptors (Lipinski definition) is 6. The molecule has 0 bridgehead atoms. The van der Waals surface area contributed by atoms with Crippen molar-refractivity contribution < 1.29 is 14.6 Å². The van der Waals surface area contributed by atoms with Crippen molar-refractivity contribution in [2.45, 2.75) is 6.92 Å². The summed E-state index contributed by atoms with van der Waals surface area (Å²) in [5.74, 6) is 0.108. The van der Waals surface area contributed by atoms with Gasteiger partial charge in [-0.2, -0.15) is 0 Å². The predicted molar refractivity (Wildman–Crippen MR) is 59.0 cm³/mol. The number of rotatable bonds is 5. The summed E-state index contributed by atoms with van der Waals surface area (Å²) < 4.78 is 5.13. The average molecular weight is 241 g/mol. The number of nitrogens with two attached hydrogens (primary N) is 1. The molecule has 17 heavy (non-hydrogen) atoms. The van der Waals surface area contributed by atoms with Crippen LogP contribution >= 0.6 is 0 Å². The molecule has 2 N–H and O–H groups in total. The first-order valence-electron chi connectivity index (χ1n) is 4.73. The smallest absolute Gasteiger partial charge is 0.282 e. The molecule has 8 heteroatoms. The van der Waals surface area contributed by atoms with Gasteiger partial charge in [0.15, 0.2) is 0 Å². The first kappa shape index (κ1) is 12.8. The molecule has 8 nitrogen and oxygen atoms in total. The van der Waals surface area contributed by atoms with E-state index in [1.54, 1.807) is 0 Å².